The molecule has 124 valence electrons. The molecule has 0 spiro atoms. The minimum absolute atomic E-state index is 0.642. The summed E-state index contributed by atoms with van der Waals surface area (Å²) in [6.45, 7) is 4.32. The van der Waals surface area contributed by atoms with Crippen LogP contribution in [-0.4, -0.2) is 26.5 Å². The van der Waals surface area contributed by atoms with Gasteiger partial charge in [-0.15, -0.1) is 0 Å². The number of halogens is 1. The van der Waals surface area contributed by atoms with E-state index >= 15 is 0 Å². The van der Waals surface area contributed by atoms with Crippen molar-refractivity contribution in [3.63, 3.8) is 0 Å². The molecule has 0 bridgehead atoms. The zero-order chi connectivity index (χ0) is 17.2. The van der Waals surface area contributed by atoms with Crippen molar-refractivity contribution in [1.29, 1.82) is 0 Å². The molecule has 0 fully saturated rings. The highest BCUT2D eigenvalue weighted by Crippen LogP contribution is 2.24. The van der Waals surface area contributed by atoms with Crippen molar-refractivity contribution in [2.24, 2.45) is 4.99 Å². The van der Waals surface area contributed by atoms with Gasteiger partial charge in [-0.3, -0.25) is 4.99 Å². The van der Waals surface area contributed by atoms with E-state index in [1.807, 2.05) is 62.4 Å². The van der Waals surface area contributed by atoms with E-state index in [0.29, 0.717) is 13.0 Å². The smallest absolute Gasteiger partial charge is 0.152 e. The number of hydrogen-bond acceptors (Lipinski definition) is 3. The maximum absolute atomic E-state index is 10.1. The average molecular weight is 386 g/mol. The molecule has 0 atom stereocenters. The number of fused-ring (bicyclic) bond motifs is 1. The summed E-state index contributed by atoms with van der Waals surface area (Å²) in [6, 6.07) is 15.8. The first kappa shape index (κ1) is 16.9. The Kier molecular flexibility index (Phi) is 4.83. The van der Waals surface area contributed by atoms with Crippen LogP contribution in [0, 0.1) is 0 Å². The van der Waals surface area contributed by atoms with Gasteiger partial charge in [0.1, 0.15) is 0 Å². The molecule has 0 aliphatic heterocycles. The van der Waals surface area contributed by atoms with Crippen LogP contribution in [-0.2, 0) is 6.54 Å². The number of para-hydroxylation sites is 3. The van der Waals surface area contributed by atoms with Gasteiger partial charge in [-0.05, 0) is 60.5 Å². The standard InChI is InChI=1S/C19H20BrN3O/c1-19(2,24)11-12-23-17-10-6-5-9-16(17)22-18(23)13-21-15-8-4-3-7-14(15)20/h3-10,13,24H,11-12H2,1-2H3. The fourth-order valence-electron chi connectivity index (χ4n) is 2.50. The number of imidazole rings is 1. The predicted molar refractivity (Wildman–Crippen MR) is 102 cm³/mol. The van der Waals surface area contributed by atoms with Crippen molar-refractivity contribution < 1.29 is 5.11 Å². The number of benzene rings is 2. The van der Waals surface area contributed by atoms with Crippen LogP contribution >= 0.6 is 15.9 Å². The van der Waals surface area contributed by atoms with Crippen molar-refractivity contribution in [2.45, 2.75) is 32.4 Å². The summed E-state index contributed by atoms with van der Waals surface area (Å²) in [6.07, 6.45) is 2.42. The first-order valence-electron chi connectivity index (χ1n) is 7.90. The molecule has 0 aliphatic carbocycles. The Morgan fingerprint density at radius 1 is 1.17 bits per heavy atom. The lowest BCUT2D eigenvalue weighted by Gasteiger charge is -2.18. The second-order valence-corrected chi connectivity index (χ2v) is 7.24. The summed E-state index contributed by atoms with van der Waals surface area (Å²) in [5.41, 5.74) is 2.12. The quantitative estimate of drug-likeness (QED) is 0.646. The van der Waals surface area contributed by atoms with Crippen LogP contribution in [0.4, 0.5) is 5.69 Å². The second kappa shape index (κ2) is 6.87. The van der Waals surface area contributed by atoms with Gasteiger partial charge in [-0.2, -0.15) is 0 Å². The van der Waals surface area contributed by atoms with E-state index in [2.05, 4.69) is 30.5 Å². The van der Waals surface area contributed by atoms with Crippen molar-refractivity contribution in [2.75, 3.05) is 0 Å². The molecule has 1 N–H and O–H groups in total. The molecular formula is C19H20BrN3O. The van der Waals surface area contributed by atoms with Crippen LogP contribution in [0.1, 0.15) is 26.1 Å². The summed E-state index contributed by atoms with van der Waals surface area (Å²) in [4.78, 5) is 9.23. The molecule has 0 unspecified atom stereocenters. The summed E-state index contributed by atoms with van der Waals surface area (Å²) in [5, 5.41) is 10.1. The van der Waals surface area contributed by atoms with Gasteiger partial charge in [-0.1, -0.05) is 24.3 Å². The minimum Gasteiger partial charge on any atom is -0.390 e. The molecule has 24 heavy (non-hydrogen) atoms. The Labute approximate surface area is 150 Å². The van der Waals surface area contributed by atoms with Gasteiger partial charge >= 0.3 is 0 Å². The molecule has 1 aromatic heterocycles. The molecule has 0 aliphatic rings. The van der Waals surface area contributed by atoms with Crippen LogP contribution < -0.4 is 0 Å². The zero-order valence-electron chi connectivity index (χ0n) is 13.8. The van der Waals surface area contributed by atoms with Gasteiger partial charge in [0.05, 0.1) is 28.5 Å². The lowest BCUT2D eigenvalue weighted by Crippen LogP contribution is -2.21. The van der Waals surface area contributed by atoms with Gasteiger partial charge in [0.25, 0.3) is 0 Å². The molecule has 0 saturated heterocycles. The Bertz CT molecular complexity index is 878. The Hall–Kier alpha value is -1.98. The molecule has 1 heterocycles. The first-order valence-corrected chi connectivity index (χ1v) is 8.69. The highest BCUT2D eigenvalue weighted by Gasteiger charge is 2.15. The van der Waals surface area contributed by atoms with E-state index in [-0.39, 0.29) is 0 Å². The lowest BCUT2D eigenvalue weighted by atomic mass is 10.1. The molecular weight excluding hydrogens is 366 g/mol. The van der Waals surface area contributed by atoms with E-state index in [1.54, 1.807) is 6.21 Å². The predicted octanol–water partition coefficient (Wildman–Crippen LogP) is 4.71. The van der Waals surface area contributed by atoms with Crippen LogP contribution in [0.15, 0.2) is 58.0 Å². The zero-order valence-corrected chi connectivity index (χ0v) is 15.4. The topological polar surface area (TPSA) is 50.4 Å². The third-order valence-electron chi connectivity index (χ3n) is 3.80. The van der Waals surface area contributed by atoms with Crippen molar-refractivity contribution in [3.05, 3.63) is 58.8 Å². The van der Waals surface area contributed by atoms with Crippen molar-refractivity contribution in [3.8, 4) is 0 Å². The highest BCUT2D eigenvalue weighted by atomic mass is 79.9. The van der Waals surface area contributed by atoms with Crippen molar-refractivity contribution >= 4 is 38.9 Å². The molecule has 3 rings (SSSR count). The largest absolute Gasteiger partial charge is 0.390 e. The third-order valence-corrected chi connectivity index (χ3v) is 4.47. The molecule has 3 aromatic rings. The average Bonchev–Trinajstić information content (AvgIpc) is 2.89. The number of aryl methyl sites for hydroxylation is 1. The van der Waals surface area contributed by atoms with Crippen LogP contribution in [0.5, 0.6) is 0 Å². The van der Waals surface area contributed by atoms with Crippen LogP contribution in [0.25, 0.3) is 11.0 Å². The Morgan fingerprint density at radius 3 is 2.62 bits per heavy atom. The molecule has 0 amide bonds. The van der Waals surface area contributed by atoms with E-state index in [4.69, 9.17) is 0 Å². The maximum Gasteiger partial charge on any atom is 0.152 e. The molecule has 0 saturated carbocycles. The molecule has 2 aromatic carbocycles. The Morgan fingerprint density at radius 2 is 1.88 bits per heavy atom. The van der Waals surface area contributed by atoms with Gasteiger partial charge in [0, 0.05) is 11.0 Å². The normalized spacial score (nSPS) is 12.3. The van der Waals surface area contributed by atoms with Gasteiger partial charge in [0.2, 0.25) is 0 Å². The highest BCUT2D eigenvalue weighted by molar-refractivity contribution is 9.10. The molecule has 0 radical (unpaired) electrons. The number of aliphatic imine (C=N–C) groups is 1. The minimum atomic E-state index is -0.720. The molecule has 5 heteroatoms. The summed E-state index contributed by atoms with van der Waals surface area (Å²) >= 11 is 3.51. The summed E-state index contributed by atoms with van der Waals surface area (Å²) in [5.74, 6) is 0.788. The van der Waals surface area contributed by atoms with E-state index in [0.717, 1.165) is 27.0 Å². The first-order chi connectivity index (χ1) is 11.4. The number of hydrogen-bond donors (Lipinski definition) is 1. The number of rotatable bonds is 5. The van der Waals surface area contributed by atoms with Crippen LogP contribution in [0.3, 0.4) is 0 Å². The van der Waals surface area contributed by atoms with Gasteiger partial charge in [0.15, 0.2) is 5.82 Å². The maximum atomic E-state index is 10.1. The third kappa shape index (κ3) is 3.91. The summed E-state index contributed by atoms with van der Waals surface area (Å²) < 4.78 is 3.05. The lowest BCUT2D eigenvalue weighted by molar-refractivity contribution is 0.0665. The number of aliphatic hydroxyl groups is 1. The summed E-state index contributed by atoms with van der Waals surface area (Å²) in [7, 11) is 0. The SMILES string of the molecule is CC(C)(O)CCn1c(C=Nc2ccccc2Br)nc2ccccc21. The van der Waals surface area contributed by atoms with Crippen LogP contribution in [0.2, 0.25) is 0 Å². The molecule has 4 nitrogen and oxygen atoms in total. The number of aromatic nitrogens is 2. The fourth-order valence-corrected chi connectivity index (χ4v) is 2.88. The van der Waals surface area contributed by atoms with Gasteiger partial charge < -0.3 is 9.67 Å². The van der Waals surface area contributed by atoms with E-state index in [1.165, 1.54) is 0 Å². The second-order valence-electron chi connectivity index (χ2n) is 6.38. The van der Waals surface area contributed by atoms with Crippen molar-refractivity contribution in [1.82, 2.24) is 9.55 Å². The van der Waals surface area contributed by atoms with Gasteiger partial charge in [-0.25, -0.2) is 4.98 Å². The monoisotopic (exact) mass is 385 g/mol. The fraction of sp³-hybridized carbons (Fsp3) is 0.263. The number of nitrogens with zero attached hydrogens (tertiary/aromatic N) is 3. The van der Waals surface area contributed by atoms with E-state index < -0.39 is 5.60 Å². The Balaban J connectivity index is 1.99. The van der Waals surface area contributed by atoms with E-state index in [9.17, 15) is 5.11 Å².